The molecule has 3 nitrogen and oxygen atoms in total. The van der Waals surface area contributed by atoms with Crippen LogP contribution in [-0.4, -0.2) is 17.6 Å². The molecule has 21 heavy (non-hydrogen) atoms. The van der Waals surface area contributed by atoms with Crippen LogP contribution in [0.25, 0.3) is 10.1 Å². The Kier molecular flexibility index (Phi) is 4.56. The molecule has 2 aromatic rings. The quantitative estimate of drug-likeness (QED) is 0.886. The van der Waals surface area contributed by atoms with Gasteiger partial charge in [0.2, 0.25) is 5.91 Å². The SMILES string of the molecule is O=C(CC1CCCC1)NCC(O)c1cc2ccccc2s1. The zero-order valence-electron chi connectivity index (χ0n) is 12.0. The molecule has 4 heteroatoms. The normalized spacial score (nSPS) is 17.2. The van der Waals surface area contributed by atoms with Crippen LogP contribution >= 0.6 is 11.3 Å². The molecule has 0 radical (unpaired) electrons. The van der Waals surface area contributed by atoms with Gasteiger partial charge in [-0.2, -0.15) is 0 Å². The average molecular weight is 303 g/mol. The van der Waals surface area contributed by atoms with Crippen LogP contribution in [0, 0.1) is 5.92 Å². The lowest BCUT2D eigenvalue weighted by Gasteiger charge is -2.12. The zero-order chi connectivity index (χ0) is 14.7. The number of carbonyl (C=O) groups excluding carboxylic acids is 1. The van der Waals surface area contributed by atoms with Crippen molar-refractivity contribution in [3.8, 4) is 0 Å². The van der Waals surface area contributed by atoms with E-state index in [0.717, 1.165) is 10.3 Å². The number of hydrogen-bond acceptors (Lipinski definition) is 3. The molecular formula is C17H21NO2S. The molecule has 1 amide bonds. The highest BCUT2D eigenvalue weighted by Gasteiger charge is 2.19. The predicted octanol–water partition coefficient (Wildman–Crippen LogP) is 3.63. The smallest absolute Gasteiger partial charge is 0.220 e. The van der Waals surface area contributed by atoms with Gasteiger partial charge < -0.3 is 10.4 Å². The Balaban J connectivity index is 1.53. The standard InChI is InChI=1S/C17H21NO2S/c19-14(11-18-17(20)9-12-5-1-2-6-12)16-10-13-7-3-4-8-15(13)21-16/h3-4,7-8,10,12,14,19H,1-2,5-6,9,11H2,(H,18,20). The molecule has 1 aromatic carbocycles. The van der Waals surface area contributed by atoms with E-state index in [1.54, 1.807) is 11.3 Å². The van der Waals surface area contributed by atoms with E-state index in [1.807, 2.05) is 24.3 Å². The largest absolute Gasteiger partial charge is 0.386 e. The van der Waals surface area contributed by atoms with Gasteiger partial charge in [-0.1, -0.05) is 31.0 Å². The second-order valence-electron chi connectivity index (χ2n) is 5.86. The van der Waals surface area contributed by atoms with E-state index >= 15 is 0 Å². The van der Waals surface area contributed by atoms with Crippen molar-refractivity contribution in [1.29, 1.82) is 0 Å². The summed E-state index contributed by atoms with van der Waals surface area (Å²) in [5, 5.41) is 14.2. The highest BCUT2D eigenvalue weighted by atomic mass is 32.1. The molecule has 1 aromatic heterocycles. The van der Waals surface area contributed by atoms with Gasteiger partial charge in [0.25, 0.3) is 0 Å². The number of amides is 1. The number of fused-ring (bicyclic) bond motifs is 1. The summed E-state index contributed by atoms with van der Waals surface area (Å²) in [7, 11) is 0. The summed E-state index contributed by atoms with van der Waals surface area (Å²) in [6, 6.07) is 10.1. The molecule has 1 aliphatic rings. The fourth-order valence-electron chi connectivity index (χ4n) is 3.03. The maximum absolute atomic E-state index is 11.9. The third-order valence-electron chi connectivity index (χ3n) is 4.21. The molecule has 1 heterocycles. The molecule has 3 rings (SSSR count). The van der Waals surface area contributed by atoms with Gasteiger partial charge in [-0.05, 0) is 36.3 Å². The fraction of sp³-hybridized carbons (Fsp3) is 0.471. The van der Waals surface area contributed by atoms with Crippen LogP contribution in [0.3, 0.4) is 0 Å². The van der Waals surface area contributed by atoms with E-state index < -0.39 is 6.10 Å². The first-order valence-corrected chi connectivity index (χ1v) is 8.47. The molecule has 1 fully saturated rings. The summed E-state index contributed by atoms with van der Waals surface area (Å²) in [6.07, 6.45) is 4.84. The molecule has 0 saturated heterocycles. The lowest BCUT2D eigenvalue weighted by molar-refractivity contribution is -0.122. The minimum Gasteiger partial charge on any atom is -0.386 e. The minimum absolute atomic E-state index is 0.0714. The van der Waals surface area contributed by atoms with E-state index in [-0.39, 0.29) is 5.91 Å². The highest BCUT2D eigenvalue weighted by Crippen LogP contribution is 2.30. The third-order valence-corrected chi connectivity index (χ3v) is 5.43. The maximum atomic E-state index is 11.9. The van der Waals surface area contributed by atoms with Crippen molar-refractivity contribution in [2.45, 2.75) is 38.2 Å². The number of aliphatic hydroxyl groups is 1. The van der Waals surface area contributed by atoms with E-state index in [4.69, 9.17) is 0 Å². The number of nitrogens with one attached hydrogen (secondary N) is 1. The van der Waals surface area contributed by atoms with Gasteiger partial charge in [0, 0.05) is 22.5 Å². The number of carbonyl (C=O) groups is 1. The summed E-state index contributed by atoms with van der Waals surface area (Å²) in [5.74, 6) is 0.619. The van der Waals surface area contributed by atoms with Gasteiger partial charge in [-0.3, -0.25) is 4.79 Å². The zero-order valence-corrected chi connectivity index (χ0v) is 12.9. The first-order chi connectivity index (χ1) is 10.2. The van der Waals surface area contributed by atoms with Crippen LogP contribution in [0.4, 0.5) is 0 Å². The third kappa shape index (κ3) is 3.63. The molecule has 1 unspecified atom stereocenters. The lowest BCUT2D eigenvalue weighted by Crippen LogP contribution is -2.29. The van der Waals surface area contributed by atoms with Gasteiger partial charge in [0.05, 0.1) is 0 Å². The van der Waals surface area contributed by atoms with Crippen molar-refractivity contribution < 1.29 is 9.90 Å². The molecule has 1 atom stereocenters. The average Bonchev–Trinajstić information content (AvgIpc) is 3.13. The Morgan fingerprint density at radius 2 is 2.10 bits per heavy atom. The summed E-state index contributed by atoms with van der Waals surface area (Å²) in [5.41, 5.74) is 0. The lowest BCUT2D eigenvalue weighted by atomic mass is 10.0. The summed E-state index contributed by atoms with van der Waals surface area (Å²) in [6.45, 7) is 0.304. The first kappa shape index (κ1) is 14.5. The second kappa shape index (κ2) is 6.58. The summed E-state index contributed by atoms with van der Waals surface area (Å²) in [4.78, 5) is 12.8. The van der Waals surface area contributed by atoms with Crippen molar-refractivity contribution >= 4 is 27.3 Å². The minimum atomic E-state index is -0.616. The Morgan fingerprint density at radius 3 is 2.86 bits per heavy atom. The number of thiophene rings is 1. The van der Waals surface area contributed by atoms with Gasteiger partial charge in [-0.15, -0.1) is 11.3 Å². The fourth-order valence-corrected chi connectivity index (χ4v) is 4.08. The molecule has 0 spiro atoms. The van der Waals surface area contributed by atoms with E-state index in [1.165, 1.54) is 30.4 Å². The van der Waals surface area contributed by atoms with Crippen molar-refractivity contribution in [1.82, 2.24) is 5.32 Å². The molecular weight excluding hydrogens is 282 g/mol. The van der Waals surface area contributed by atoms with E-state index in [9.17, 15) is 9.90 Å². The molecule has 1 saturated carbocycles. The van der Waals surface area contributed by atoms with E-state index in [0.29, 0.717) is 18.9 Å². The summed E-state index contributed by atoms with van der Waals surface area (Å²) < 4.78 is 1.17. The van der Waals surface area contributed by atoms with Gasteiger partial charge >= 0.3 is 0 Å². The first-order valence-electron chi connectivity index (χ1n) is 7.65. The number of aliphatic hydroxyl groups excluding tert-OH is 1. The van der Waals surface area contributed by atoms with Gasteiger partial charge in [0.1, 0.15) is 6.10 Å². The van der Waals surface area contributed by atoms with Crippen LogP contribution in [0.5, 0.6) is 0 Å². The monoisotopic (exact) mass is 303 g/mol. The van der Waals surface area contributed by atoms with E-state index in [2.05, 4.69) is 11.4 Å². The molecule has 112 valence electrons. The second-order valence-corrected chi connectivity index (χ2v) is 6.98. The summed E-state index contributed by atoms with van der Waals surface area (Å²) >= 11 is 1.59. The van der Waals surface area contributed by atoms with Crippen LogP contribution < -0.4 is 5.32 Å². The van der Waals surface area contributed by atoms with Crippen molar-refractivity contribution in [2.24, 2.45) is 5.92 Å². The van der Waals surface area contributed by atoms with Gasteiger partial charge in [0.15, 0.2) is 0 Å². The van der Waals surface area contributed by atoms with Crippen molar-refractivity contribution in [2.75, 3.05) is 6.54 Å². The van der Waals surface area contributed by atoms with Crippen LogP contribution in [0.15, 0.2) is 30.3 Å². The van der Waals surface area contributed by atoms with Crippen molar-refractivity contribution in [3.05, 3.63) is 35.2 Å². The highest BCUT2D eigenvalue weighted by molar-refractivity contribution is 7.19. The predicted molar refractivity (Wildman–Crippen MR) is 86.4 cm³/mol. The molecule has 2 N–H and O–H groups in total. The van der Waals surface area contributed by atoms with Crippen LogP contribution in [0.2, 0.25) is 0 Å². The molecule has 0 bridgehead atoms. The van der Waals surface area contributed by atoms with Gasteiger partial charge in [-0.25, -0.2) is 0 Å². The van der Waals surface area contributed by atoms with Crippen LogP contribution in [-0.2, 0) is 4.79 Å². The number of rotatable bonds is 5. The maximum Gasteiger partial charge on any atom is 0.220 e. The van der Waals surface area contributed by atoms with Crippen LogP contribution in [0.1, 0.15) is 43.1 Å². The molecule has 0 aliphatic heterocycles. The van der Waals surface area contributed by atoms with Crippen molar-refractivity contribution in [3.63, 3.8) is 0 Å². The Bertz CT molecular complexity index is 583. The molecule has 1 aliphatic carbocycles. The Hall–Kier alpha value is -1.39. The topological polar surface area (TPSA) is 49.3 Å². The Labute approximate surface area is 129 Å². The Morgan fingerprint density at radius 1 is 1.33 bits per heavy atom. The number of hydrogen-bond donors (Lipinski definition) is 2. The number of benzene rings is 1.